The highest BCUT2D eigenvalue weighted by Crippen LogP contribution is 2.27. The van der Waals surface area contributed by atoms with Gasteiger partial charge in [0.05, 0.1) is 22.2 Å². The second kappa shape index (κ2) is 6.12. The van der Waals surface area contributed by atoms with E-state index in [0.717, 1.165) is 16.8 Å². The predicted octanol–water partition coefficient (Wildman–Crippen LogP) is 4.18. The molecule has 0 radical (unpaired) electrons. The van der Waals surface area contributed by atoms with Gasteiger partial charge in [0.1, 0.15) is 11.0 Å². The molecule has 0 aliphatic rings. The average Bonchev–Trinajstić information content (AvgIpc) is 2.77. The van der Waals surface area contributed by atoms with Crippen LogP contribution in [0.1, 0.15) is 32.2 Å². The quantitative estimate of drug-likeness (QED) is 0.796. The van der Waals surface area contributed by atoms with E-state index in [-0.39, 0.29) is 0 Å². The van der Waals surface area contributed by atoms with Gasteiger partial charge in [0, 0.05) is 5.02 Å². The molecule has 0 fully saturated rings. The van der Waals surface area contributed by atoms with Gasteiger partial charge in [-0.2, -0.15) is 4.40 Å². The van der Waals surface area contributed by atoms with Crippen molar-refractivity contribution in [3.63, 3.8) is 0 Å². The normalized spacial score (nSPS) is 13.8. The van der Waals surface area contributed by atoms with Crippen LogP contribution in [0.15, 0.2) is 33.2 Å². The fourth-order valence-corrected chi connectivity index (χ4v) is 2.33. The van der Waals surface area contributed by atoms with Crippen LogP contribution in [0.25, 0.3) is 11.1 Å². The lowest BCUT2D eigenvalue weighted by molar-refractivity contribution is 0.411. The molecule has 0 unspecified atom stereocenters. The molecule has 0 saturated heterocycles. The van der Waals surface area contributed by atoms with Gasteiger partial charge in [-0.1, -0.05) is 28.9 Å². The summed E-state index contributed by atoms with van der Waals surface area (Å²) in [5.74, 6) is 0.493. The number of hydrogen-bond donors (Lipinski definition) is 0. The van der Waals surface area contributed by atoms with Gasteiger partial charge < -0.3 is 4.52 Å². The third-order valence-corrected chi connectivity index (χ3v) is 4.41. The van der Waals surface area contributed by atoms with Gasteiger partial charge in [-0.25, -0.2) is 4.21 Å². The molecule has 2 aromatic rings. The lowest BCUT2D eigenvalue weighted by Crippen LogP contribution is -2.19. The molecule has 1 aromatic heterocycles. The Morgan fingerprint density at radius 3 is 2.48 bits per heavy atom. The molecule has 1 heterocycles. The van der Waals surface area contributed by atoms with E-state index in [0.29, 0.717) is 10.8 Å². The van der Waals surface area contributed by atoms with E-state index in [9.17, 15) is 4.21 Å². The van der Waals surface area contributed by atoms with Crippen LogP contribution < -0.4 is 0 Å². The van der Waals surface area contributed by atoms with Gasteiger partial charge in [-0.15, -0.1) is 0 Å². The number of benzene rings is 1. The minimum absolute atomic E-state index is 0.411. The van der Waals surface area contributed by atoms with E-state index in [4.69, 9.17) is 16.1 Å². The summed E-state index contributed by atoms with van der Waals surface area (Å²) in [5, 5.41) is 4.62. The largest absolute Gasteiger partial charge is 0.354 e. The van der Waals surface area contributed by atoms with E-state index in [1.807, 2.05) is 39.8 Å². The second-order valence-electron chi connectivity index (χ2n) is 5.61. The Labute approximate surface area is 131 Å². The zero-order valence-electron chi connectivity index (χ0n) is 12.4. The molecule has 112 valence electrons. The highest BCUT2D eigenvalue weighted by Gasteiger charge is 2.19. The summed E-state index contributed by atoms with van der Waals surface area (Å²) in [5.41, 5.74) is 2.52. The minimum Gasteiger partial charge on any atom is -0.354 e. The Hall–Kier alpha value is -1.46. The van der Waals surface area contributed by atoms with Crippen molar-refractivity contribution in [3.05, 3.63) is 40.7 Å². The van der Waals surface area contributed by atoms with Crippen LogP contribution in [0.2, 0.25) is 5.02 Å². The van der Waals surface area contributed by atoms with Gasteiger partial charge >= 0.3 is 0 Å². The molecule has 2 rings (SSSR count). The lowest BCUT2D eigenvalue weighted by Gasteiger charge is -2.12. The predicted molar refractivity (Wildman–Crippen MR) is 87.2 cm³/mol. The van der Waals surface area contributed by atoms with Crippen molar-refractivity contribution < 1.29 is 8.73 Å². The van der Waals surface area contributed by atoms with Gasteiger partial charge in [-0.3, -0.25) is 0 Å². The zero-order valence-corrected chi connectivity index (χ0v) is 14.0. The van der Waals surface area contributed by atoms with Crippen molar-refractivity contribution in [2.75, 3.05) is 0 Å². The molecule has 0 aliphatic heterocycles. The first-order chi connectivity index (χ1) is 9.79. The Morgan fingerprint density at radius 2 is 1.90 bits per heavy atom. The number of hydrogen-bond acceptors (Lipinski definition) is 3. The molecule has 6 heteroatoms. The monoisotopic (exact) mass is 324 g/mol. The molecule has 21 heavy (non-hydrogen) atoms. The topological polar surface area (TPSA) is 55.5 Å². The molecule has 0 saturated carbocycles. The standard InChI is InChI=1S/C15H17ClN2O2S/c1-10-14(11-5-7-12(16)8-6-11)13(20-18-10)9-17-21(19)15(2,3)4/h5-9H,1-4H3/b17-9+/t21-/m0/s1. The van der Waals surface area contributed by atoms with Gasteiger partial charge in [0.25, 0.3) is 0 Å². The van der Waals surface area contributed by atoms with Crippen molar-refractivity contribution in [1.82, 2.24) is 5.16 Å². The Balaban J connectivity index is 2.37. The van der Waals surface area contributed by atoms with Crippen molar-refractivity contribution >= 4 is 28.8 Å². The maximum Gasteiger partial charge on any atom is 0.186 e. The van der Waals surface area contributed by atoms with Crippen LogP contribution in [-0.2, 0) is 11.0 Å². The molecule has 0 bridgehead atoms. The van der Waals surface area contributed by atoms with Crippen LogP contribution >= 0.6 is 11.6 Å². The van der Waals surface area contributed by atoms with Gasteiger partial charge in [0.2, 0.25) is 0 Å². The molecule has 1 atom stereocenters. The van der Waals surface area contributed by atoms with Crippen LogP contribution in [0, 0.1) is 6.92 Å². The molecule has 0 amide bonds. The summed E-state index contributed by atoms with van der Waals surface area (Å²) in [7, 11) is -1.34. The number of nitrogens with zero attached hydrogens (tertiary/aromatic N) is 2. The first-order valence-electron chi connectivity index (χ1n) is 6.47. The van der Waals surface area contributed by atoms with Crippen molar-refractivity contribution in [3.8, 4) is 11.1 Å². The summed E-state index contributed by atoms with van der Waals surface area (Å²) in [4.78, 5) is 0. The van der Waals surface area contributed by atoms with Crippen LogP contribution in [-0.4, -0.2) is 20.3 Å². The molecule has 1 aromatic carbocycles. The fraction of sp³-hybridized carbons (Fsp3) is 0.333. The van der Waals surface area contributed by atoms with E-state index in [1.54, 1.807) is 12.1 Å². The van der Waals surface area contributed by atoms with E-state index >= 15 is 0 Å². The highest BCUT2D eigenvalue weighted by atomic mass is 35.5. The third kappa shape index (κ3) is 3.80. The van der Waals surface area contributed by atoms with E-state index < -0.39 is 15.7 Å². The second-order valence-corrected chi connectivity index (χ2v) is 7.98. The van der Waals surface area contributed by atoms with E-state index in [1.165, 1.54) is 6.21 Å². The maximum atomic E-state index is 12.0. The van der Waals surface area contributed by atoms with Crippen molar-refractivity contribution in [2.24, 2.45) is 4.40 Å². The smallest absolute Gasteiger partial charge is 0.186 e. The SMILES string of the molecule is Cc1noc(/C=N/[S@@](=O)C(C)(C)C)c1-c1ccc(Cl)cc1. The first-order valence-corrected chi connectivity index (χ1v) is 7.96. The summed E-state index contributed by atoms with van der Waals surface area (Å²) in [6, 6.07) is 7.38. The number of halogens is 1. The average molecular weight is 325 g/mol. The molecule has 0 aliphatic carbocycles. The van der Waals surface area contributed by atoms with Crippen molar-refractivity contribution in [2.45, 2.75) is 32.4 Å². The number of aromatic nitrogens is 1. The Morgan fingerprint density at radius 1 is 1.29 bits per heavy atom. The molecule has 0 N–H and O–H groups in total. The lowest BCUT2D eigenvalue weighted by atomic mass is 10.0. The van der Waals surface area contributed by atoms with Crippen LogP contribution in [0.3, 0.4) is 0 Å². The number of rotatable bonds is 3. The molecule has 4 nitrogen and oxygen atoms in total. The number of aryl methyl sites for hydroxylation is 1. The summed E-state index contributed by atoms with van der Waals surface area (Å²) < 4.78 is 20.9. The zero-order chi connectivity index (χ0) is 15.6. The summed E-state index contributed by atoms with van der Waals surface area (Å²) >= 11 is 5.90. The van der Waals surface area contributed by atoms with Crippen molar-refractivity contribution in [1.29, 1.82) is 0 Å². The minimum atomic E-state index is -1.34. The summed E-state index contributed by atoms with van der Waals surface area (Å²) in [6.45, 7) is 7.45. The third-order valence-electron chi connectivity index (χ3n) is 2.81. The molecule has 0 spiro atoms. The Bertz CT molecular complexity index is 685. The first kappa shape index (κ1) is 15.9. The maximum absolute atomic E-state index is 12.0. The summed E-state index contributed by atoms with van der Waals surface area (Å²) in [6.07, 6.45) is 1.48. The Kier molecular flexibility index (Phi) is 4.64. The van der Waals surface area contributed by atoms with Crippen LogP contribution in [0.5, 0.6) is 0 Å². The molecular formula is C15H17ClN2O2S. The highest BCUT2D eigenvalue weighted by molar-refractivity contribution is 7.85. The fourth-order valence-electron chi connectivity index (χ4n) is 1.70. The van der Waals surface area contributed by atoms with Gasteiger partial charge in [0.15, 0.2) is 5.76 Å². The van der Waals surface area contributed by atoms with E-state index in [2.05, 4.69) is 9.55 Å². The van der Waals surface area contributed by atoms with Crippen LogP contribution in [0.4, 0.5) is 0 Å². The molecular weight excluding hydrogens is 308 g/mol. The van der Waals surface area contributed by atoms with Gasteiger partial charge in [-0.05, 0) is 45.4 Å².